The van der Waals surface area contributed by atoms with Crippen LogP contribution in [0.15, 0.2) is 0 Å². The van der Waals surface area contributed by atoms with Crippen LogP contribution in [0.4, 0.5) is 0 Å². The van der Waals surface area contributed by atoms with Crippen molar-refractivity contribution in [2.75, 3.05) is 46.3 Å². The van der Waals surface area contributed by atoms with Crippen LogP contribution in [0.5, 0.6) is 0 Å². The minimum Gasteiger partial charge on any atom is -0.377 e. The van der Waals surface area contributed by atoms with Crippen LogP contribution in [0.25, 0.3) is 0 Å². The zero-order valence-corrected chi connectivity index (χ0v) is 9.27. The molecule has 5 heteroatoms. The van der Waals surface area contributed by atoms with Gasteiger partial charge in [0, 0.05) is 32.7 Å². The molecule has 5 nitrogen and oxygen atoms in total. The van der Waals surface area contributed by atoms with Gasteiger partial charge in [-0.3, -0.25) is 5.32 Å². The van der Waals surface area contributed by atoms with Crippen LogP contribution in [-0.4, -0.2) is 57.7 Å². The van der Waals surface area contributed by atoms with Crippen molar-refractivity contribution < 1.29 is 5.11 Å². The zero-order valence-electron chi connectivity index (χ0n) is 9.27. The first-order valence-corrected chi connectivity index (χ1v) is 5.28. The summed E-state index contributed by atoms with van der Waals surface area (Å²) < 4.78 is 0. The Labute approximate surface area is 86.7 Å². The van der Waals surface area contributed by atoms with Crippen LogP contribution in [0.2, 0.25) is 0 Å². The Morgan fingerprint density at radius 3 is 2.14 bits per heavy atom. The Hall–Kier alpha value is -0.200. The van der Waals surface area contributed by atoms with Gasteiger partial charge in [-0.25, -0.2) is 0 Å². The van der Waals surface area contributed by atoms with Gasteiger partial charge in [-0.05, 0) is 13.6 Å². The monoisotopic (exact) mass is 204 g/mol. The maximum atomic E-state index is 9.13. The molecule has 0 bridgehead atoms. The number of aliphatic hydroxyl groups excluding tert-OH is 1. The number of hydrogen-bond acceptors (Lipinski definition) is 5. The van der Waals surface area contributed by atoms with E-state index in [2.05, 4.69) is 28.2 Å². The minimum atomic E-state index is -0.447. The fraction of sp³-hybridized carbons (Fsp3) is 1.00. The third-order valence-electron chi connectivity index (χ3n) is 1.88. The molecule has 0 aromatic carbocycles. The lowest BCUT2D eigenvalue weighted by molar-refractivity contribution is 0.145. The molecule has 0 aromatic rings. The molecule has 1 atom stereocenters. The van der Waals surface area contributed by atoms with Crippen molar-refractivity contribution >= 4 is 0 Å². The van der Waals surface area contributed by atoms with E-state index in [4.69, 9.17) is 5.11 Å². The Balaban J connectivity index is 2.92. The molecule has 0 fully saturated rings. The lowest BCUT2D eigenvalue weighted by atomic mass is 10.5. The van der Waals surface area contributed by atoms with Gasteiger partial charge in [-0.2, -0.15) is 0 Å². The number of likely N-dealkylation sites (N-methyl/N-ethyl adjacent to an activating group) is 2. The summed E-state index contributed by atoms with van der Waals surface area (Å²) in [6.45, 7) is 7.52. The minimum absolute atomic E-state index is 0.447. The van der Waals surface area contributed by atoms with Crippen molar-refractivity contribution in [3.8, 4) is 0 Å². The molecule has 0 saturated carbocycles. The molecular weight excluding hydrogens is 180 g/mol. The Morgan fingerprint density at radius 2 is 1.57 bits per heavy atom. The van der Waals surface area contributed by atoms with Crippen molar-refractivity contribution in [1.29, 1.82) is 0 Å². The third kappa shape index (κ3) is 9.88. The van der Waals surface area contributed by atoms with E-state index >= 15 is 0 Å². The topological polar surface area (TPSA) is 68.3 Å². The fourth-order valence-corrected chi connectivity index (χ4v) is 0.996. The molecule has 0 rings (SSSR count). The maximum absolute atomic E-state index is 9.13. The van der Waals surface area contributed by atoms with E-state index in [9.17, 15) is 0 Å². The van der Waals surface area contributed by atoms with Crippen LogP contribution >= 0.6 is 0 Å². The molecule has 0 aliphatic heterocycles. The van der Waals surface area contributed by atoms with Gasteiger partial charge >= 0.3 is 0 Å². The van der Waals surface area contributed by atoms with E-state index in [-0.39, 0.29) is 0 Å². The fourth-order valence-electron chi connectivity index (χ4n) is 0.996. The van der Waals surface area contributed by atoms with Gasteiger partial charge in [0.2, 0.25) is 0 Å². The summed E-state index contributed by atoms with van der Waals surface area (Å²) in [6.07, 6.45) is -0.447. The quantitative estimate of drug-likeness (QED) is 0.217. The van der Waals surface area contributed by atoms with Crippen molar-refractivity contribution in [1.82, 2.24) is 21.3 Å². The summed E-state index contributed by atoms with van der Waals surface area (Å²) in [5.74, 6) is 0. The summed E-state index contributed by atoms with van der Waals surface area (Å²) in [4.78, 5) is 0. The number of aliphatic hydroxyl groups is 1. The van der Waals surface area contributed by atoms with E-state index in [0.717, 1.165) is 32.7 Å². The summed E-state index contributed by atoms with van der Waals surface area (Å²) in [6, 6.07) is 0. The lowest BCUT2D eigenvalue weighted by Gasteiger charge is -2.10. The normalized spacial score (nSPS) is 13.1. The van der Waals surface area contributed by atoms with Crippen LogP contribution in [0.3, 0.4) is 0 Å². The number of rotatable bonds is 10. The second-order valence-corrected chi connectivity index (χ2v) is 3.11. The largest absolute Gasteiger partial charge is 0.377 e. The third-order valence-corrected chi connectivity index (χ3v) is 1.88. The predicted octanol–water partition coefficient (Wildman–Crippen LogP) is -1.69. The molecule has 1 unspecified atom stereocenters. The average molecular weight is 204 g/mol. The Bertz CT molecular complexity index is 113. The lowest BCUT2D eigenvalue weighted by Crippen LogP contribution is -2.39. The first-order chi connectivity index (χ1) is 6.81. The number of nitrogens with one attached hydrogen (secondary N) is 4. The molecule has 0 aliphatic rings. The predicted molar refractivity (Wildman–Crippen MR) is 59.3 cm³/mol. The van der Waals surface area contributed by atoms with Crippen LogP contribution in [0.1, 0.15) is 6.92 Å². The van der Waals surface area contributed by atoms with E-state index < -0.39 is 6.23 Å². The highest BCUT2D eigenvalue weighted by atomic mass is 16.3. The Morgan fingerprint density at radius 1 is 1.00 bits per heavy atom. The molecule has 0 amide bonds. The highest BCUT2D eigenvalue weighted by molar-refractivity contribution is 4.57. The molecule has 0 spiro atoms. The second kappa shape index (κ2) is 10.9. The van der Waals surface area contributed by atoms with E-state index in [0.29, 0.717) is 6.54 Å². The SMILES string of the molecule is CCNCCNCCNCC(O)NC. The zero-order chi connectivity index (χ0) is 10.6. The molecule has 0 saturated heterocycles. The summed E-state index contributed by atoms with van der Waals surface area (Å²) >= 11 is 0. The Kier molecular flexibility index (Phi) is 10.7. The maximum Gasteiger partial charge on any atom is 0.117 e. The summed E-state index contributed by atoms with van der Waals surface area (Å²) in [5.41, 5.74) is 0. The van der Waals surface area contributed by atoms with Crippen LogP contribution in [0, 0.1) is 0 Å². The van der Waals surface area contributed by atoms with E-state index in [1.165, 1.54) is 0 Å². The van der Waals surface area contributed by atoms with Crippen LogP contribution < -0.4 is 21.3 Å². The van der Waals surface area contributed by atoms with Gasteiger partial charge in [0.25, 0.3) is 0 Å². The van der Waals surface area contributed by atoms with Gasteiger partial charge in [-0.15, -0.1) is 0 Å². The van der Waals surface area contributed by atoms with Crippen molar-refractivity contribution in [3.63, 3.8) is 0 Å². The van der Waals surface area contributed by atoms with Crippen LogP contribution in [-0.2, 0) is 0 Å². The molecule has 86 valence electrons. The highest BCUT2D eigenvalue weighted by Crippen LogP contribution is 1.69. The average Bonchev–Trinajstić information content (AvgIpc) is 2.21. The molecular formula is C9H24N4O. The molecule has 14 heavy (non-hydrogen) atoms. The van der Waals surface area contributed by atoms with Gasteiger partial charge in [0.15, 0.2) is 0 Å². The smallest absolute Gasteiger partial charge is 0.117 e. The summed E-state index contributed by atoms with van der Waals surface area (Å²) in [7, 11) is 1.74. The van der Waals surface area contributed by atoms with Gasteiger partial charge in [0.1, 0.15) is 6.23 Å². The molecule has 0 aromatic heterocycles. The van der Waals surface area contributed by atoms with Gasteiger partial charge in [-0.1, -0.05) is 6.92 Å². The standard InChI is InChI=1S/C9H24N4O/c1-3-11-4-5-12-6-7-13-8-9(14)10-2/h9-14H,3-8H2,1-2H3. The highest BCUT2D eigenvalue weighted by Gasteiger charge is 1.96. The summed E-state index contributed by atoms with van der Waals surface area (Å²) in [5, 5.41) is 21.5. The molecule has 0 heterocycles. The van der Waals surface area contributed by atoms with Crippen molar-refractivity contribution in [2.45, 2.75) is 13.2 Å². The first-order valence-electron chi connectivity index (χ1n) is 5.28. The molecule has 0 radical (unpaired) electrons. The van der Waals surface area contributed by atoms with Crippen molar-refractivity contribution in [2.24, 2.45) is 0 Å². The number of hydrogen-bond donors (Lipinski definition) is 5. The molecule has 0 aliphatic carbocycles. The van der Waals surface area contributed by atoms with E-state index in [1.807, 2.05) is 0 Å². The van der Waals surface area contributed by atoms with Crippen molar-refractivity contribution in [3.05, 3.63) is 0 Å². The molecule has 5 N–H and O–H groups in total. The van der Waals surface area contributed by atoms with E-state index in [1.54, 1.807) is 7.05 Å². The first kappa shape index (κ1) is 13.8. The van der Waals surface area contributed by atoms with Gasteiger partial charge < -0.3 is 21.1 Å². The second-order valence-electron chi connectivity index (χ2n) is 3.11. The van der Waals surface area contributed by atoms with Gasteiger partial charge in [0.05, 0.1) is 0 Å².